The number of fused-ring (bicyclic) bond motifs is 1. The fraction of sp³-hybridized carbons (Fsp3) is 0.188. The highest BCUT2D eigenvalue weighted by Crippen LogP contribution is 2.36. The van der Waals surface area contributed by atoms with Crippen LogP contribution in [0.2, 0.25) is 5.02 Å². The van der Waals surface area contributed by atoms with Crippen LogP contribution in [0.1, 0.15) is 28.4 Å². The number of nitrogens with one attached hydrogen (secondary N) is 1. The monoisotopic (exact) mass is 337 g/mol. The van der Waals surface area contributed by atoms with Gasteiger partial charge in [0.2, 0.25) is 0 Å². The lowest BCUT2D eigenvalue weighted by Crippen LogP contribution is -2.30. The maximum absolute atomic E-state index is 13.5. The molecule has 114 valence electrons. The Morgan fingerprint density at radius 2 is 2.14 bits per heavy atom. The van der Waals surface area contributed by atoms with E-state index >= 15 is 0 Å². The van der Waals surface area contributed by atoms with Crippen molar-refractivity contribution in [2.24, 2.45) is 0 Å². The second-order valence-corrected chi connectivity index (χ2v) is 6.56. The standard InChI is InChI=1S/C16H13ClFNO2S/c17-12-7-9(1-3-14(12)20)16(21)19-13-5-6-22-15-4-2-10(18)8-11(13)15/h1-4,7-8,13,20H,5-6H2,(H,19,21). The smallest absolute Gasteiger partial charge is 0.251 e. The van der Waals surface area contributed by atoms with Crippen molar-refractivity contribution in [2.45, 2.75) is 17.4 Å². The van der Waals surface area contributed by atoms with Gasteiger partial charge in [-0.25, -0.2) is 4.39 Å². The van der Waals surface area contributed by atoms with E-state index in [0.717, 1.165) is 22.6 Å². The third-order valence-electron chi connectivity index (χ3n) is 3.53. The molecule has 3 nitrogen and oxygen atoms in total. The predicted molar refractivity (Wildman–Crippen MR) is 85.1 cm³/mol. The van der Waals surface area contributed by atoms with Gasteiger partial charge in [0, 0.05) is 16.2 Å². The molecule has 2 aromatic carbocycles. The first-order valence-electron chi connectivity index (χ1n) is 6.76. The molecular weight excluding hydrogens is 325 g/mol. The van der Waals surface area contributed by atoms with E-state index < -0.39 is 0 Å². The number of carbonyl (C=O) groups is 1. The van der Waals surface area contributed by atoms with E-state index in [-0.39, 0.29) is 28.5 Å². The van der Waals surface area contributed by atoms with Gasteiger partial charge < -0.3 is 10.4 Å². The van der Waals surface area contributed by atoms with Crippen LogP contribution in [0, 0.1) is 5.82 Å². The van der Waals surface area contributed by atoms with Gasteiger partial charge in [-0.2, -0.15) is 0 Å². The number of phenolic OH excluding ortho intramolecular Hbond substituents is 1. The van der Waals surface area contributed by atoms with Gasteiger partial charge >= 0.3 is 0 Å². The summed E-state index contributed by atoms with van der Waals surface area (Å²) in [6, 6.07) is 8.70. The number of carbonyl (C=O) groups excluding carboxylic acids is 1. The minimum atomic E-state index is -0.312. The van der Waals surface area contributed by atoms with Gasteiger partial charge in [-0.05, 0) is 48.4 Å². The van der Waals surface area contributed by atoms with Crippen LogP contribution in [0.3, 0.4) is 0 Å². The molecule has 0 aromatic heterocycles. The first-order valence-corrected chi connectivity index (χ1v) is 8.12. The molecule has 2 aromatic rings. The van der Waals surface area contributed by atoms with Crippen molar-refractivity contribution in [1.29, 1.82) is 0 Å². The number of hydrogen-bond acceptors (Lipinski definition) is 3. The Labute approximate surface area is 136 Å². The van der Waals surface area contributed by atoms with Gasteiger partial charge in [0.15, 0.2) is 0 Å². The summed E-state index contributed by atoms with van der Waals surface area (Å²) in [5.41, 5.74) is 1.16. The molecule has 0 saturated heterocycles. The van der Waals surface area contributed by atoms with Gasteiger partial charge in [-0.3, -0.25) is 4.79 Å². The average Bonchev–Trinajstić information content (AvgIpc) is 2.50. The van der Waals surface area contributed by atoms with Crippen molar-refractivity contribution in [2.75, 3.05) is 5.75 Å². The number of benzene rings is 2. The van der Waals surface area contributed by atoms with E-state index in [9.17, 15) is 14.3 Å². The van der Waals surface area contributed by atoms with Crippen molar-refractivity contribution in [3.05, 3.63) is 58.4 Å². The zero-order chi connectivity index (χ0) is 15.7. The van der Waals surface area contributed by atoms with Gasteiger partial charge in [-0.15, -0.1) is 11.8 Å². The first kappa shape index (κ1) is 15.2. The molecule has 2 N–H and O–H groups in total. The molecule has 0 spiro atoms. The third kappa shape index (κ3) is 3.05. The molecule has 1 heterocycles. The minimum absolute atomic E-state index is 0.0697. The summed E-state index contributed by atoms with van der Waals surface area (Å²) in [7, 11) is 0. The van der Waals surface area contributed by atoms with Gasteiger partial charge in [0.25, 0.3) is 5.91 Å². The minimum Gasteiger partial charge on any atom is -0.506 e. The Hall–Kier alpha value is -1.72. The number of halogens is 2. The number of thioether (sulfide) groups is 1. The molecule has 1 aliphatic heterocycles. The zero-order valence-electron chi connectivity index (χ0n) is 11.5. The number of aromatic hydroxyl groups is 1. The highest BCUT2D eigenvalue weighted by molar-refractivity contribution is 7.99. The van der Waals surface area contributed by atoms with Crippen LogP contribution >= 0.6 is 23.4 Å². The quantitative estimate of drug-likeness (QED) is 0.865. The van der Waals surface area contributed by atoms with Crippen LogP contribution < -0.4 is 5.32 Å². The van der Waals surface area contributed by atoms with Crippen LogP contribution in [0.25, 0.3) is 0 Å². The van der Waals surface area contributed by atoms with Crippen LogP contribution in [0.5, 0.6) is 5.75 Å². The molecule has 22 heavy (non-hydrogen) atoms. The Kier molecular flexibility index (Phi) is 4.27. The molecule has 1 atom stereocenters. The number of hydrogen-bond donors (Lipinski definition) is 2. The molecule has 6 heteroatoms. The zero-order valence-corrected chi connectivity index (χ0v) is 13.0. The van der Waals surface area contributed by atoms with E-state index in [1.807, 2.05) is 0 Å². The lowest BCUT2D eigenvalue weighted by atomic mass is 10.0. The van der Waals surface area contributed by atoms with E-state index in [4.69, 9.17) is 11.6 Å². The van der Waals surface area contributed by atoms with Crippen LogP contribution in [0.15, 0.2) is 41.3 Å². The van der Waals surface area contributed by atoms with Crippen LogP contribution in [-0.4, -0.2) is 16.8 Å². The Morgan fingerprint density at radius 3 is 2.91 bits per heavy atom. The van der Waals surface area contributed by atoms with Crippen molar-refractivity contribution < 1.29 is 14.3 Å². The normalized spacial score (nSPS) is 16.9. The molecule has 3 rings (SSSR count). The summed E-state index contributed by atoms with van der Waals surface area (Å²) in [6.45, 7) is 0. The van der Waals surface area contributed by atoms with E-state index in [0.29, 0.717) is 5.56 Å². The molecule has 0 saturated carbocycles. The maximum atomic E-state index is 13.5. The van der Waals surface area contributed by atoms with E-state index in [1.54, 1.807) is 17.8 Å². The lowest BCUT2D eigenvalue weighted by molar-refractivity contribution is 0.0935. The second-order valence-electron chi connectivity index (χ2n) is 5.01. The number of amides is 1. The summed E-state index contributed by atoms with van der Waals surface area (Å²) >= 11 is 7.48. The fourth-order valence-corrected chi connectivity index (χ4v) is 3.69. The SMILES string of the molecule is O=C(NC1CCSc2ccc(F)cc21)c1ccc(O)c(Cl)c1. The topological polar surface area (TPSA) is 49.3 Å². The molecule has 0 fully saturated rings. The summed E-state index contributed by atoms with van der Waals surface area (Å²) in [5, 5.41) is 12.4. The lowest BCUT2D eigenvalue weighted by Gasteiger charge is -2.26. The Morgan fingerprint density at radius 1 is 1.32 bits per heavy atom. The van der Waals surface area contributed by atoms with Crippen LogP contribution in [-0.2, 0) is 0 Å². The van der Waals surface area contributed by atoms with Crippen molar-refractivity contribution >= 4 is 29.3 Å². The van der Waals surface area contributed by atoms with Gasteiger partial charge in [-0.1, -0.05) is 11.6 Å². The molecule has 1 aliphatic rings. The molecule has 1 amide bonds. The summed E-state index contributed by atoms with van der Waals surface area (Å²) in [4.78, 5) is 13.3. The number of phenols is 1. The van der Waals surface area contributed by atoms with Crippen LogP contribution in [0.4, 0.5) is 4.39 Å². The highest BCUT2D eigenvalue weighted by atomic mass is 35.5. The predicted octanol–water partition coefficient (Wildman–Crippen LogP) is 4.15. The van der Waals surface area contributed by atoms with E-state index in [2.05, 4.69) is 5.32 Å². The second kappa shape index (κ2) is 6.18. The summed E-state index contributed by atoms with van der Waals surface area (Å²) < 4.78 is 13.5. The summed E-state index contributed by atoms with van der Waals surface area (Å²) in [5.74, 6) is 0.182. The molecular formula is C16H13ClFNO2S. The first-order chi connectivity index (χ1) is 10.5. The molecule has 1 unspecified atom stereocenters. The molecule has 0 bridgehead atoms. The maximum Gasteiger partial charge on any atom is 0.251 e. The average molecular weight is 338 g/mol. The van der Waals surface area contributed by atoms with E-state index in [1.165, 1.54) is 30.3 Å². The largest absolute Gasteiger partial charge is 0.506 e. The number of rotatable bonds is 2. The summed E-state index contributed by atoms with van der Waals surface area (Å²) in [6.07, 6.45) is 0.735. The Bertz CT molecular complexity index is 738. The van der Waals surface area contributed by atoms with Crippen molar-refractivity contribution in [1.82, 2.24) is 5.32 Å². The van der Waals surface area contributed by atoms with Gasteiger partial charge in [0.05, 0.1) is 11.1 Å². The highest BCUT2D eigenvalue weighted by Gasteiger charge is 2.23. The third-order valence-corrected chi connectivity index (χ3v) is 4.95. The van der Waals surface area contributed by atoms with Crippen molar-refractivity contribution in [3.63, 3.8) is 0 Å². The van der Waals surface area contributed by atoms with Gasteiger partial charge in [0.1, 0.15) is 11.6 Å². The Balaban J connectivity index is 1.83. The molecule has 0 aliphatic carbocycles. The fourth-order valence-electron chi connectivity index (χ4n) is 2.40. The van der Waals surface area contributed by atoms with Crippen molar-refractivity contribution in [3.8, 4) is 5.75 Å². The molecule has 0 radical (unpaired) electrons.